The van der Waals surface area contributed by atoms with Gasteiger partial charge in [-0.2, -0.15) is 0 Å². The molecule has 7 nitrogen and oxygen atoms in total. The van der Waals surface area contributed by atoms with Gasteiger partial charge in [-0.1, -0.05) is 15.9 Å². The van der Waals surface area contributed by atoms with Crippen molar-refractivity contribution in [2.24, 2.45) is 0 Å². The van der Waals surface area contributed by atoms with Crippen molar-refractivity contribution < 1.29 is 33.4 Å². The SMILES string of the molecule is O=C(O)C[C@@H](NC(=O)Nc1c(F)cc(Br)cc1F)C(=O)O. The Morgan fingerprint density at radius 2 is 1.71 bits per heavy atom. The number of anilines is 1. The van der Waals surface area contributed by atoms with Gasteiger partial charge < -0.3 is 20.8 Å². The lowest BCUT2D eigenvalue weighted by Gasteiger charge is -2.14. The molecule has 1 rings (SSSR count). The van der Waals surface area contributed by atoms with Crippen molar-refractivity contribution in [3.05, 3.63) is 28.2 Å². The van der Waals surface area contributed by atoms with Gasteiger partial charge in [0.05, 0.1) is 6.42 Å². The Labute approximate surface area is 125 Å². The first-order valence-electron chi connectivity index (χ1n) is 5.37. The summed E-state index contributed by atoms with van der Waals surface area (Å²) >= 11 is 2.85. The molecule has 4 N–H and O–H groups in total. The van der Waals surface area contributed by atoms with Gasteiger partial charge in [0.1, 0.15) is 11.7 Å². The van der Waals surface area contributed by atoms with E-state index in [4.69, 9.17) is 10.2 Å². The molecule has 0 aliphatic rings. The summed E-state index contributed by atoms with van der Waals surface area (Å²) in [7, 11) is 0. The first-order valence-corrected chi connectivity index (χ1v) is 6.16. The number of carbonyl (C=O) groups excluding carboxylic acids is 1. The number of aliphatic carboxylic acids is 2. The van der Waals surface area contributed by atoms with Crippen LogP contribution < -0.4 is 10.6 Å². The Balaban J connectivity index is 2.82. The van der Waals surface area contributed by atoms with Gasteiger partial charge in [-0.15, -0.1) is 0 Å². The number of carbonyl (C=O) groups is 3. The predicted molar refractivity (Wildman–Crippen MR) is 69.9 cm³/mol. The second kappa shape index (κ2) is 6.97. The highest BCUT2D eigenvalue weighted by Gasteiger charge is 2.24. The fourth-order valence-electron chi connectivity index (χ4n) is 1.34. The molecule has 10 heteroatoms. The van der Waals surface area contributed by atoms with Crippen molar-refractivity contribution in [3.63, 3.8) is 0 Å². The highest BCUT2D eigenvalue weighted by Crippen LogP contribution is 2.23. The quantitative estimate of drug-likeness (QED) is 0.633. The summed E-state index contributed by atoms with van der Waals surface area (Å²) in [6, 6.07) is -1.19. The number of halogens is 3. The van der Waals surface area contributed by atoms with Crippen LogP contribution in [0.5, 0.6) is 0 Å². The molecule has 0 saturated heterocycles. The van der Waals surface area contributed by atoms with E-state index in [-0.39, 0.29) is 4.47 Å². The van der Waals surface area contributed by atoms with Gasteiger partial charge in [-0.05, 0) is 12.1 Å². The molecule has 0 aliphatic carbocycles. The van der Waals surface area contributed by atoms with E-state index in [0.29, 0.717) is 0 Å². The second-order valence-electron chi connectivity index (χ2n) is 3.83. The lowest BCUT2D eigenvalue weighted by molar-refractivity contribution is -0.145. The van der Waals surface area contributed by atoms with Gasteiger partial charge in [0.2, 0.25) is 0 Å². The Hall–Kier alpha value is -2.23. The summed E-state index contributed by atoms with van der Waals surface area (Å²) in [6.07, 6.45) is -0.881. The summed E-state index contributed by atoms with van der Waals surface area (Å²) in [6.45, 7) is 0. The number of amides is 2. The molecule has 0 saturated carbocycles. The van der Waals surface area contributed by atoms with Gasteiger partial charge in [0, 0.05) is 4.47 Å². The third-order valence-electron chi connectivity index (χ3n) is 2.23. The van der Waals surface area contributed by atoms with Crippen molar-refractivity contribution in [2.75, 3.05) is 5.32 Å². The molecule has 21 heavy (non-hydrogen) atoms. The number of hydrogen-bond donors (Lipinski definition) is 4. The highest BCUT2D eigenvalue weighted by atomic mass is 79.9. The minimum Gasteiger partial charge on any atom is -0.481 e. The van der Waals surface area contributed by atoms with Crippen molar-refractivity contribution in [2.45, 2.75) is 12.5 Å². The Morgan fingerprint density at radius 1 is 1.19 bits per heavy atom. The average molecular weight is 367 g/mol. The molecule has 0 unspecified atom stereocenters. The van der Waals surface area contributed by atoms with Crippen LogP contribution in [0, 0.1) is 11.6 Å². The van der Waals surface area contributed by atoms with E-state index in [1.807, 2.05) is 0 Å². The van der Waals surface area contributed by atoms with Crippen LogP contribution in [0.3, 0.4) is 0 Å². The molecule has 2 amide bonds. The minimum atomic E-state index is -1.73. The molecule has 0 aromatic heterocycles. The molecule has 1 atom stereocenters. The first kappa shape index (κ1) is 16.8. The maximum Gasteiger partial charge on any atom is 0.326 e. The normalized spacial score (nSPS) is 11.6. The van der Waals surface area contributed by atoms with Gasteiger partial charge in [0.15, 0.2) is 11.6 Å². The lowest BCUT2D eigenvalue weighted by Crippen LogP contribution is -2.44. The molecule has 0 bridgehead atoms. The number of hydrogen-bond acceptors (Lipinski definition) is 3. The Kier molecular flexibility index (Phi) is 5.59. The highest BCUT2D eigenvalue weighted by molar-refractivity contribution is 9.10. The largest absolute Gasteiger partial charge is 0.481 e. The predicted octanol–water partition coefficient (Wildman–Crippen LogP) is 1.78. The summed E-state index contributed by atoms with van der Waals surface area (Å²) in [5.74, 6) is -5.21. The van der Waals surface area contributed by atoms with E-state index in [2.05, 4.69) is 15.9 Å². The smallest absolute Gasteiger partial charge is 0.326 e. The van der Waals surface area contributed by atoms with Gasteiger partial charge in [-0.3, -0.25) is 4.79 Å². The lowest BCUT2D eigenvalue weighted by atomic mass is 10.2. The monoisotopic (exact) mass is 366 g/mol. The fraction of sp³-hybridized carbons (Fsp3) is 0.182. The molecule has 0 fully saturated rings. The third-order valence-corrected chi connectivity index (χ3v) is 2.69. The van der Waals surface area contributed by atoms with E-state index in [1.54, 1.807) is 10.6 Å². The van der Waals surface area contributed by atoms with Crippen molar-refractivity contribution in [3.8, 4) is 0 Å². The summed E-state index contributed by atoms with van der Waals surface area (Å²) < 4.78 is 27.0. The number of rotatable bonds is 5. The fourth-order valence-corrected chi connectivity index (χ4v) is 1.75. The molecule has 0 heterocycles. The average Bonchev–Trinajstić information content (AvgIpc) is 2.32. The van der Waals surface area contributed by atoms with Crippen LogP contribution in [0.1, 0.15) is 6.42 Å². The van der Waals surface area contributed by atoms with Gasteiger partial charge >= 0.3 is 18.0 Å². The summed E-state index contributed by atoms with van der Waals surface area (Å²) in [5, 5.41) is 20.8. The zero-order valence-electron chi connectivity index (χ0n) is 10.2. The maximum absolute atomic E-state index is 13.5. The van der Waals surface area contributed by atoms with Crippen LogP contribution in [-0.4, -0.2) is 34.2 Å². The van der Waals surface area contributed by atoms with Gasteiger partial charge in [0.25, 0.3) is 0 Å². The van der Waals surface area contributed by atoms with Crippen LogP contribution in [0.2, 0.25) is 0 Å². The second-order valence-corrected chi connectivity index (χ2v) is 4.75. The standard InChI is InChI=1S/C11H9BrF2N2O5/c12-4-1-5(13)9(6(14)2-4)16-11(21)15-7(10(19)20)3-8(17)18/h1-2,7H,3H2,(H,17,18)(H,19,20)(H2,15,16,21)/t7-/m1/s1. The number of urea groups is 1. The van der Waals surface area contributed by atoms with Crippen molar-refractivity contribution in [1.82, 2.24) is 5.32 Å². The number of carboxylic acids is 2. The van der Waals surface area contributed by atoms with E-state index in [1.165, 1.54) is 0 Å². The van der Waals surface area contributed by atoms with E-state index < -0.39 is 47.8 Å². The third kappa shape index (κ3) is 4.99. The van der Waals surface area contributed by atoms with Crippen LogP contribution in [0.15, 0.2) is 16.6 Å². The molecular weight excluding hydrogens is 358 g/mol. The summed E-state index contributed by atoms with van der Waals surface area (Å²) in [4.78, 5) is 32.7. The molecule has 1 aromatic carbocycles. The Morgan fingerprint density at radius 3 is 2.14 bits per heavy atom. The van der Waals surface area contributed by atoms with Gasteiger partial charge in [-0.25, -0.2) is 18.4 Å². The molecule has 0 aliphatic heterocycles. The van der Waals surface area contributed by atoms with E-state index in [0.717, 1.165) is 12.1 Å². The minimum absolute atomic E-state index is 0.109. The van der Waals surface area contributed by atoms with Crippen molar-refractivity contribution >= 4 is 39.6 Å². The number of nitrogens with one attached hydrogen (secondary N) is 2. The molecular formula is C11H9BrF2N2O5. The molecule has 0 radical (unpaired) electrons. The van der Waals surface area contributed by atoms with Crippen LogP contribution in [0.25, 0.3) is 0 Å². The zero-order valence-corrected chi connectivity index (χ0v) is 11.8. The first-order chi connectivity index (χ1) is 9.70. The van der Waals surface area contributed by atoms with E-state index in [9.17, 15) is 23.2 Å². The molecule has 114 valence electrons. The van der Waals surface area contributed by atoms with Crippen molar-refractivity contribution in [1.29, 1.82) is 0 Å². The summed E-state index contributed by atoms with van der Waals surface area (Å²) in [5.41, 5.74) is -0.782. The number of benzene rings is 1. The van der Waals surface area contributed by atoms with E-state index >= 15 is 0 Å². The van der Waals surface area contributed by atoms with Crippen LogP contribution in [-0.2, 0) is 9.59 Å². The van der Waals surface area contributed by atoms with Crippen LogP contribution >= 0.6 is 15.9 Å². The number of carboxylic acid groups (broad SMARTS) is 2. The molecule has 0 spiro atoms. The maximum atomic E-state index is 13.5. The van der Waals surface area contributed by atoms with Crippen LogP contribution in [0.4, 0.5) is 19.3 Å². The zero-order chi connectivity index (χ0) is 16.2. The molecule has 1 aromatic rings. The Bertz CT molecular complexity index is 573. The topological polar surface area (TPSA) is 116 Å².